The van der Waals surface area contributed by atoms with Gasteiger partial charge in [-0.05, 0) is 24.3 Å². The van der Waals surface area contributed by atoms with Crippen molar-refractivity contribution in [1.29, 1.82) is 0 Å². The van der Waals surface area contributed by atoms with Crippen LogP contribution < -0.4 is 10.1 Å². The minimum absolute atomic E-state index is 0.207. The van der Waals surface area contributed by atoms with Gasteiger partial charge in [0, 0.05) is 24.5 Å². The lowest BCUT2D eigenvalue weighted by Crippen LogP contribution is -2.20. The summed E-state index contributed by atoms with van der Waals surface area (Å²) in [6.07, 6.45) is 2.78. The molecule has 2 aromatic rings. The Morgan fingerprint density at radius 3 is 2.84 bits per heavy atom. The fourth-order valence-electron chi connectivity index (χ4n) is 1.50. The van der Waals surface area contributed by atoms with Crippen LogP contribution in [-0.2, 0) is 0 Å². The van der Waals surface area contributed by atoms with E-state index in [0.29, 0.717) is 18.0 Å². The van der Waals surface area contributed by atoms with Gasteiger partial charge in [-0.15, -0.1) is 11.6 Å². The van der Waals surface area contributed by atoms with Crippen molar-refractivity contribution < 1.29 is 9.84 Å². The van der Waals surface area contributed by atoms with Gasteiger partial charge in [0.1, 0.15) is 11.5 Å². The normalized spacial score (nSPS) is 11.9. The Kier molecular flexibility index (Phi) is 5.01. The number of hydrogen-bond donors (Lipinski definition) is 2. The number of anilines is 1. The molecule has 0 spiro atoms. The van der Waals surface area contributed by atoms with Crippen LogP contribution in [0.4, 0.5) is 5.69 Å². The molecule has 5 heteroatoms. The molecule has 2 rings (SSSR count). The highest BCUT2D eigenvalue weighted by atomic mass is 35.5. The van der Waals surface area contributed by atoms with Crippen molar-refractivity contribution in [3.05, 3.63) is 48.8 Å². The number of ether oxygens (including phenoxy) is 1. The lowest BCUT2D eigenvalue weighted by atomic mass is 10.3. The maximum atomic E-state index is 9.39. The van der Waals surface area contributed by atoms with Gasteiger partial charge in [0.25, 0.3) is 0 Å². The topological polar surface area (TPSA) is 54.4 Å². The zero-order chi connectivity index (χ0) is 13.5. The van der Waals surface area contributed by atoms with E-state index in [1.54, 1.807) is 12.4 Å². The number of benzene rings is 1. The Balaban J connectivity index is 1.99. The molecule has 1 aromatic carbocycles. The standard InChI is InChI=1S/C14H15ClN2O2/c15-8-12(18)9-17-11-3-1-4-13(7-11)19-14-5-2-6-16-10-14/h1-7,10,12,17-18H,8-9H2. The first-order valence-electron chi connectivity index (χ1n) is 5.94. The molecular weight excluding hydrogens is 264 g/mol. The third-order valence-electron chi connectivity index (χ3n) is 2.42. The number of halogens is 1. The molecule has 0 radical (unpaired) electrons. The predicted octanol–water partition coefficient (Wildman–Crippen LogP) is 2.89. The molecule has 0 amide bonds. The van der Waals surface area contributed by atoms with Crippen molar-refractivity contribution in [3.8, 4) is 11.5 Å². The second kappa shape index (κ2) is 6.97. The monoisotopic (exact) mass is 278 g/mol. The van der Waals surface area contributed by atoms with E-state index in [-0.39, 0.29) is 5.88 Å². The molecule has 0 fully saturated rings. The summed E-state index contributed by atoms with van der Waals surface area (Å²) in [7, 11) is 0. The Labute approximate surface area is 117 Å². The number of aromatic nitrogens is 1. The number of nitrogens with zero attached hydrogens (tertiary/aromatic N) is 1. The molecule has 0 saturated carbocycles. The van der Waals surface area contributed by atoms with E-state index in [9.17, 15) is 5.11 Å². The molecule has 1 heterocycles. The number of aliphatic hydroxyl groups excluding tert-OH is 1. The fraction of sp³-hybridized carbons (Fsp3) is 0.214. The van der Waals surface area contributed by atoms with E-state index in [0.717, 1.165) is 5.69 Å². The van der Waals surface area contributed by atoms with E-state index < -0.39 is 6.10 Å². The van der Waals surface area contributed by atoms with E-state index in [1.165, 1.54) is 0 Å². The molecule has 0 saturated heterocycles. The van der Waals surface area contributed by atoms with Crippen molar-refractivity contribution in [2.75, 3.05) is 17.7 Å². The molecule has 1 aromatic heterocycles. The van der Waals surface area contributed by atoms with Gasteiger partial charge in [0.2, 0.25) is 0 Å². The summed E-state index contributed by atoms with van der Waals surface area (Å²) in [4.78, 5) is 3.99. The summed E-state index contributed by atoms with van der Waals surface area (Å²) in [5.74, 6) is 1.60. The van der Waals surface area contributed by atoms with Crippen molar-refractivity contribution in [2.45, 2.75) is 6.10 Å². The Hall–Kier alpha value is -1.78. The first kappa shape index (κ1) is 13.6. The van der Waals surface area contributed by atoms with E-state index >= 15 is 0 Å². The van der Waals surface area contributed by atoms with Crippen LogP contribution in [0.25, 0.3) is 0 Å². The van der Waals surface area contributed by atoms with Gasteiger partial charge < -0.3 is 15.2 Å². The quantitative estimate of drug-likeness (QED) is 0.798. The van der Waals surface area contributed by atoms with Crippen LogP contribution in [0.15, 0.2) is 48.8 Å². The number of rotatable bonds is 6. The van der Waals surface area contributed by atoms with Gasteiger partial charge in [0.15, 0.2) is 0 Å². The highest BCUT2D eigenvalue weighted by molar-refractivity contribution is 6.18. The second-order valence-corrected chi connectivity index (χ2v) is 4.32. The number of pyridine rings is 1. The number of alkyl halides is 1. The molecule has 100 valence electrons. The third-order valence-corrected chi connectivity index (χ3v) is 2.78. The zero-order valence-electron chi connectivity index (χ0n) is 10.3. The Morgan fingerprint density at radius 1 is 1.26 bits per heavy atom. The summed E-state index contributed by atoms with van der Waals surface area (Å²) in [6, 6.07) is 11.1. The lowest BCUT2D eigenvalue weighted by molar-refractivity contribution is 0.211. The minimum atomic E-state index is -0.565. The first-order valence-corrected chi connectivity index (χ1v) is 6.47. The molecule has 4 nitrogen and oxygen atoms in total. The van der Waals surface area contributed by atoms with Crippen LogP contribution >= 0.6 is 11.6 Å². The van der Waals surface area contributed by atoms with Crippen LogP contribution in [0.3, 0.4) is 0 Å². The van der Waals surface area contributed by atoms with Crippen LogP contribution in [0.5, 0.6) is 11.5 Å². The molecule has 1 unspecified atom stereocenters. The number of hydrogen-bond acceptors (Lipinski definition) is 4. The first-order chi connectivity index (χ1) is 9.28. The summed E-state index contributed by atoms with van der Waals surface area (Å²) in [5.41, 5.74) is 0.866. The van der Waals surface area contributed by atoms with Crippen molar-refractivity contribution in [2.24, 2.45) is 0 Å². The molecule has 19 heavy (non-hydrogen) atoms. The van der Waals surface area contributed by atoms with Crippen LogP contribution in [0.2, 0.25) is 0 Å². The van der Waals surface area contributed by atoms with Crippen LogP contribution in [0.1, 0.15) is 0 Å². The van der Waals surface area contributed by atoms with Gasteiger partial charge in [-0.1, -0.05) is 6.07 Å². The highest BCUT2D eigenvalue weighted by Crippen LogP contribution is 2.23. The zero-order valence-corrected chi connectivity index (χ0v) is 11.0. The Bertz CT molecular complexity index is 508. The maximum absolute atomic E-state index is 9.39. The average Bonchev–Trinajstić information content (AvgIpc) is 2.46. The molecule has 0 aliphatic carbocycles. The van der Waals surface area contributed by atoms with Gasteiger partial charge in [0.05, 0.1) is 18.2 Å². The highest BCUT2D eigenvalue weighted by Gasteiger charge is 2.03. The Morgan fingerprint density at radius 2 is 2.11 bits per heavy atom. The van der Waals surface area contributed by atoms with E-state index in [2.05, 4.69) is 10.3 Å². The maximum Gasteiger partial charge on any atom is 0.145 e. The minimum Gasteiger partial charge on any atom is -0.456 e. The smallest absolute Gasteiger partial charge is 0.145 e. The van der Waals surface area contributed by atoms with E-state index in [1.807, 2.05) is 36.4 Å². The summed E-state index contributed by atoms with van der Waals surface area (Å²) in [5, 5.41) is 12.5. The molecule has 2 N–H and O–H groups in total. The SMILES string of the molecule is OC(CCl)CNc1cccc(Oc2cccnc2)c1. The molecule has 0 aliphatic rings. The van der Waals surface area contributed by atoms with Crippen molar-refractivity contribution >= 4 is 17.3 Å². The summed E-state index contributed by atoms with van der Waals surface area (Å²) in [6.45, 7) is 0.403. The summed E-state index contributed by atoms with van der Waals surface area (Å²) < 4.78 is 5.66. The molecular formula is C14H15ClN2O2. The predicted molar refractivity (Wildman–Crippen MR) is 76.0 cm³/mol. The molecule has 1 atom stereocenters. The van der Waals surface area contributed by atoms with Crippen LogP contribution in [0, 0.1) is 0 Å². The van der Waals surface area contributed by atoms with Crippen molar-refractivity contribution in [3.63, 3.8) is 0 Å². The average molecular weight is 279 g/mol. The summed E-state index contributed by atoms with van der Waals surface area (Å²) >= 11 is 5.54. The molecule has 0 aliphatic heterocycles. The second-order valence-electron chi connectivity index (χ2n) is 4.01. The lowest BCUT2D eigenvalue weighted by Gasteiger charge is -2.11. The van der Waals surface area contributed by atoms with Gasteiger partial charge >= 0.3 is 0 Å². The fourth-order valence-corrected chi connectivity index (χ4v) is 1.61. The van der Waals surface area contributed by atoms with Crippen LogP contribution in [-0.4, -0.2) is 28.6 Å². The number of aliphatic hydroxyl groups is 1. The molecule has 0 bridgehead atoms. The van der Waals surface area contributed by atoms with Crippen molar-refractivity contribution in [1.82, 2.24) is 4.98 Å². The van der Waals surface area contributed by atoms with Gasteiger partial charge in [-0.2, -0.15) is 0 Å². The van der Waals surface area contributed by atoms with Gasteiger partial charge in [-0.25, -0.2) is 0 Å². The third kappa shape index (κ3) is 4.43. The van der Waals surface area contributed by atoms with Gasteiger partial charge in [-0.3, -0.25) is 4.98 Å². The largest absolute Gasteiger partial charge is 0.456 e. The number of nitrogens with one attached hydrogen (secondary N) is 1. The van der Waals surface area contributed by atoms with E-state index in [4.69, 9.17) is 16.3 Å².